The van der Waals surface area contributed by atoms with Gasteiger partial charge in [0.15, 0.2) is 5.82 Å². The van der Waals surface area contributed by atoms with Gasteiger partial charge >= 0.3 is 0 Å². The summed E-state index contributed by atoms with van der Waals surface area (Å²) in [6, 6.07) is 19.6. The van der Waals surface area contributed by atoms with Gasteiger partial charge < -0.3 is 11.1 Å². The van der Waals surface area contributed by atoms with Gasteiger partial charge in [0.2, 0.25) is 0 Å². The van der Waals surface area contributed by atoms with Crippen molar-refractivity contribution < 1.29 is 0 Å². The fraction of sp³-hybridized carbons (Fsp3) is 0. The van der Waals surface area contributed by atoms with Crippen molar-refractivity contribution >= 4 is 39.9 Å². The normalized spacial score (nSPS) is 10.3. The maximum atomic E-state index is 5.89. The first-order valence-corrected chi connectivity index (χ1v) is 7.51. The van der Waals surface area contributed by atoms with Gasteiger partial charge in [-0.25, -0.2) is 9.97 Å². The number of benzene rings is 2. The van der Waals surface area contributed by atoms with Crippen LogP contribution in [0, 0.1) is 3.57 Å². The Hall–Kier alpha value is -2.15. The lowest BCUT2D eigenvalue weighted by molar-refractivity contribution is 1.18. The van der Waals surface area contributed by atoms with Crippen molar-refractivity contribution in [1.29, 1.82) is 0 Å². The molecule has 0 saturated heterocycles. The maximum Gasteiger partial charge on any atom is 0.163 e. The van der Waals surface area contributed by atoms with Crippen LogP contribution in [-0.2, 0) is 0 Å². The van der Waals surface area contributed by atoms with E-state index in [0.29, 0.717) is 17.5 Å². The number of nitrogen functional groups attached to an aromatic ring is 1. The zero-order chi connectivity index (χ0) is 14.7. The van der Waals surface area contributed by atoms with Crippen molar-refractivity contribution in [3.63, 3.8) is 0 Å². The third-order valence-corrected chi connectivity index (χ3v) is 3.55. The molecular formula is C16H13IN4. The van der Waals surface area contributed by atoms with Crippen molar-refractivity contribution in [2.45, 2.75) is 0 Å². The van der Waals surface area contributed by atoms with Crippen LogP contribution in [0.4, 0.5) is 17.3 Å². The van der Waals surface area contributed by atoms with Crippen LogP contribution in [-0.4, -0.2) is 9.97 Å². The fourth-order valence-corrected chi connectivity index (χ4v) is 2.50. The molecule has 3 N–H and O–H groups in total. The van der Waals surface area contributed by atoms with Gasteiger partial charge in [0, 0.05) is 20.9 Å². The van der Waals surface area contributed by atoms with Gasteiger partial charge in [0.05, 0.1) is 0 Å². The topological polar surface area (TPSA) is 63.8 Å². The van der Waals surface area contributed by atoms with Crippen molar-refractivity contribution in [2.75, 3.05) is 11.1 Å². The summed E-state index contributed by atoms with van der Waals surface area (Å²) in [5.41, 5.74) is 7.80. The number of nitrogens with zero attached hydrogens (tertiary/aromatic N) is 2. The largest absolute Gasteiger partial charge is 0.384 e. The minimum Gasteiger partial charge on any atom is -0.384 e. The van der Waals surface area contributed by atoms with Crippen LogP contribution in [0.25, 0.3) is 11.4 Å². The Kier molecular flexibility index (Phi) is 4.01. The molecule has 0 aliphatic carbocycles. The van der Waals surface area contributed by atoms with E-state index in [2.05, 4.69) is 37.9 Å². The van der Waals surface area contributed by atoms with Crippen LogP contribution in [0.1, 0.15) is 0 Å². The Labute approximate surface area is 136 Å². The zero-order valence-corrected chi connectivity index (χ0v) is 13.3. The van der Waals surface area contributed by atoms with Crippen molar-refractivity contribution in [3.8, 4) is 11.4 Å². The van der Waals surface area contributed by atoms with Gasteiger partial charge in [-0.15, -0.1) is 0 Å². The smallest absolute Gasteiger partial charge is 0.163 e. The zero-order valence-electron chi connectivity index (χ0n) is 11.1. The summed E-state index contributed by atoms with van der Waals surface area (Å²) in [5.74, 6) is 1.74. The molecule has 0 bridgehead atoms. The van der Waals surface area contributed by atoms with Crippen molar-refractivity contribution in [2.24, 2.45) is 0 Å². The molecule has 3 aromatic rings. The van der Waals surface area contributed by atoms with Gasteiger partial charge in [0.25, 0.3) is 0 Å². The van der Waals surface area contributed by atoms with E-state index in [1.807, 2.05) is 54.6 Å². The lowest BCUT2D eigenvalue weighted by Crippen LogP contribution is -2.01. The lowest BCUT2D eigenvalue weighted by atomic mass is 10.2. The summed E-state index contributed by atoms with van der Waals surface area (Å²) in [5, 5.41) is 3.26. The summed E-state index contributed by atoms with van der Waals surface area (Å²) < 4.78 is 1.16. The molecule has 1 aromatic heterocycles. The molecule has 104 valence electrons. The Morgan fingerprint density at radius 3 is 2.48 bits per heavy atom. The minimum absolute atomic E-state index is 0.442. The molecule has 0 spiro atoms. The van der Waals surface area contributed by atoms with E-state index in [4.69, 9.17) is 5.73 Å². The Morgan fingerprint density at radius 2 is 1.71 bits per heavy atom. The number of rotatable bonds is 3. The highest BCUT2D eigenvalue weighted by atomic mass is 127. The second-order valence-corrected chi connectivity index (χ2v) is 5.75. The van der Waals surface area contributed by atoms with Crippen LogP contribution < -0.4 is 11.1 Å². The number of hydrogen-bond acceptors (Lipinski definition) is 4. The van der Waals surface area contributed by atoms with Crippen molar-refractivity contribution in [3.05, 3.63) is 64.2 Å². The fourth-order valence-electron chi connectivity index (χ4n) is 1.96. The van der Waals surface area contributed by atoms with Gasteiger partial charge in [-0.2, -0.15) is 0 Å². The monoisotopic (exact) mass is 388 g/mol. The quantitative estimate of drug-likeness (QED) is 0.664. The average molecular weight is 388 g/mol. The first-order valence-electron chi connectivity index (χ1n) is 6.43. The molecule has 0 unspecified atom stereocenters. The summed E-state index contributed by atoms with van der Waals surface area (Å²) in [4.78, 5) is 8.81. The third-order valence-electron chi connectivity index (χ3n) is 2.87. The summed E-state index contributed by atoms with van der Waals surface area (Å²) in [6.07, 6.45) is 0. The molecule has 0 aliphatic rings. The summed E-state index contributed by atoms with van der Waals surface area (Å²) in [7, 11) is 0. The van der Waals surface area contributed by atoms with Gasteiger partial charge in [-0.3, -0.25) is 0 Å². The number of halogens is 1. The molecule has 3 rings (SSSR count). The highest BCUT2D eigenvalue weighted by Crippen LogP contribution is 2.22. The maximum absolute atomic E-state index is 5.89. The third kappa shape index (κ3) is 3.49. The molecule has 0 aliphatic heterocycles. The standard InChI is InChI=1S/C16H13IN4/c17-12-7-4-8-13(9-12)19-15-10-14(18)20-16(21-15)11-5-2-1-3-6-11/h1-10H,(H3,18,19,20,21). The molecule has 0 saturated carbocycles. The second-order valence-electron chi connectivity index (χ2n) is 4.50. The first-order chi connectivity index (χ1) is 10.2. The second kappa shape index (κ2) is 6.09. The van der Waals surface area contributed by atoms with Crippen LogP contribution in [0.5, 0.6) is 0 Å². The Balaban J connectivity index is 1.95. The van der Waals surface area contributed by atoms with Crippen molar-refractivity contribution in [1.82, 2.24) is 9.97 Å². The molecule has 0 radical (unpaired) electrons. The summed E-state index contributed by atoms with van der Waals surface area (Å²) >= 11 is 2.27. The number of hydrogen-bond donors (Lipinski definition) is 2. The molecule has 0 atom stereocenters. The Bertz CT molecular complexity index is 759. The first kappa shape index (κ1) is 13.8. The van der Waals surface area contributed by atoms with Crippen LogP contribution in [0.2, 0.25) is 0 Å². The van der Waals surface area contributed by atoms with Gasteiger partial charge in [0.1, 0.15) is 11.6 Å². The molecule has 21 heavy (non-hydrogen) atoms. The molecule has 4 nitrogen and oxygen atoms in total. The van der Waals surface area contributed by atoms with Gasteiger partial charge in [-0.1, -0.05) is 36.4 Å². The van der Waals surface area contributed by atoms with E-state index < -0.39 is 0 Å². The van der Waals surface area contributed by atoms with E-state index in [1.54, 1.807) is 6.07 Å². The van der Waals surface area contributed by atoms with E-state index in [-0.39, 0.29) is 0 Å². The molecule has 2 aromatic carbocycles. The number of nitrogens with one attached hydrogen (secondary N) is 1. The van der Waals surface area contributed by atoms with E-state index in [0.717, 1.165) is 14.8 Å². The van der Waals surface area contributed by atoms with Crippen LogP contribution in [0.3, 0.4) is 0 Å². The van der Waals surface area contributed by atoms with Crippen LogP contribution >= 0.6 is 22.6 Å². The highest BCUT2D eigenvalue weighted by Gasteiger charge is 2.05. The highest BCUT2D eigenvalue weighted by molar-refractivity contribution is 14.1. The predicted molar refractivity (Wildman–Crippen MR) is 94.3 cm³/mol. The van der Waals surface area contributed by atoms with E-state index in [9.17, 15) is 0 Å². The molecule has 0 fully saturated rings. The predicted octanol–water partition coefficient (Wildman–Crippen LogP) is 4.07. The van der Waals surface area contributed by atoms with Crippen LogP contribution in [0.15, 0.2) is 60.7 Å². The molecular weight excluding hydrogens is 375 g/mol. The minimum atomic E-state index is 0.442. The summed E-state index contributed by atoms with van der Waals surface area (Å²) in [6.45, 7) is 0. The molecule has 0 amide bonds. The van der Waals surface area contributed by atoms with E-state index >= 15 is 0 Å². The van der Waals surface area contributed by atoms with E-state index in [1.165, 1.54) is 0 Å². The lowest BCUT2D eigenvalue weighted by Gasteiger charge is -2.09. The van der Waals surface area contributed by atoms with Gasteiger partial charge in [-0.05, 0) is 40.8 Å². The molecule has 1 heterocycles. The molecule has 5 heteroatoms. The number of anilines is 3. The SMILES string of the molecule is Nc1cc(Nc2cccc(I)c2)nc(-c2ccccc2)n1. The Morgan fingerprint density at radius 1 is 0.905 bits per heavy atom. The average Bonchev–Trinajstić information content (AvgIpc) is 2.47. The number of nitrogens with two attached hydrogens (primary N) is 1. The number of aromatic nitrogens is 2.